The zero-order chi connectivity index (χ0) is 22.1. The summed E-state index contributed by atoms with van der Waals surface area (Å²) >= 11 is 5.77. The van der Waals surface area contributed by atoms with Gasteiger partial charge in [-0.05, 0) is 36.6 Å². The van der Waals surface area contributed by atoms with Gasteiger partial charge in [0.05, 0.1) is 17.0 Å². The van der Waals surface area contributed by atoms with Crippen LogP contribution in [0.2, 0.25) is 5.15 Å². The number of H-pyrrole nitrogens is 1. The van der Waals surface area contributed by atoms with Crippen molar-refractivity contribution < 1.29 is 18.0 Å². The number of nitrogens with zero attached hydrogens (tertiary/aromatic N) is 4. The summed E-state index contributed by atoms with van der Waals surface area (Å²) < 4.78 is 40.7. The van der Waals surface area contributed by atoms with Gasteiger partial charge in [0, 0.05) is 32.2 Å². The van der Waals surface area contributed by atoms with Crippen molar-refractivity contribution >= 4 is 17.4 Å². The lowest BCUT2D eigenvalue weighted by atomic mass is 10.0. The molecular formula is C19H17ClF3N5O2. The molecule has 3 rings (SSSR count). The lowest BCUT2D eigenvalue weighted by molar-refractivity contribution is -0.141. The minimum atomic E-state index is -4.61. The van der Waals surface area contributed by atoms with E-state index < -0.39 is 17.4 Å². The summed E-state index contributed by atoms with van der Waals surface area (Å²) in [6, 6.07) is 4.41. The van der Waals surface area contributed by atoms with E-state index in [4.69, 9.17) is 11.6 Å². The fourth-order valence-corrected chi connectivity index (χ4v) is 3.28. The maximum Gasteiger partial charge on any atom is 0.435 e. The first-order valence-corrected chi connectivity index (χ1v) is 9.25. The molecule has 0 aromatic carbocycles. The second kappa shape index (κ2) is 8.39. The number of aryl methyl sites for hydroxylation is 3. The monoisotopic (exact) mass is 439 g/mol. The second-order valence-electron chi connectivity index (χ2n) is 6.85. The first-order chi connectivity index (χ1) is 14.0. The molecule has 0 aliphatic rings. The molecule has 0 unspecified atom stereocenters. The zero-order valence-electron chi connectivity index (χ0n) is 16.0. The topological polar surface area (TPSA) is 93.5 Å². The van der Waals surface area contributed by atoms with Crippen LogP contribution in [0.3, 0.4) is 0 Å². The fourth-order valence-electron chi connectivity index (χ4n) is 3.05. The Morgan fingerprint density at radius 3 is 2.60 bits per heavy atom. The standard InChI is InChI=1S/C19H17ClF3N5O2/c1-10-5-12(3-4-13(29)6-11-7-15(20)24-16(30)8-11)25-26-17(10)14-9-28(2)27-18(14)19(21,22)23/h5,7-9H,3-4,6H2,1-2H3,(H,24,30). The van der Waals surface area contributed by atoms with E-state index in [1.807, 2.05) is 0 Å². The Morgan fingerprint density at radius 2 is 1.97 bits per heavy atom. The van der Waals surface area contributed by atoms with Gasteiger partial charge in [0.1, 0.15) is 10.9 Å². The molecule has 0 radical (unpaired) electrons. The molecule has 0 atom stereocenters. The van der Waals surface area contributed by atoms with Crippen molar-refractivity contribution in [3.8, 4) is 11.3 Å². The highest BCUT2D eigenvalue weighted by Gasteiger charge is 2.38. The number of rotatable bonds is 6. The Hall–Kier alpha value is -3.01. The van der Waals surface area contributed by atoms with Crippen LogP contribution < -0.4 is 5.56 Å². The van der Waals surface area contributed by atoms with Crippen molar-refractivity contribution in [2.24, 2.45) is 7.05 Å². The Labute approximate surface area is 173 Å². The van der Waals surface area contributed by atoms with Gasteiger partial charge in [-0.3, -0.25) is 14.3 Å². The number of ketones is 1. The van der Waals surface area contributed by atoms with E-state index >= 15 is 0 Å². The van der Waals surface area contributed by atoms with Gasteiger partial charge in [0.25, 0.3) is 0 Å². The van der Waals surface area contributed by atoms with Gasteiger partial charge in [-0.1, -0.05) is 11.6 Å². The minimum Gasteiger partial charge on any atom is -0.313 e. The van der Waals surface area contributed by atoms with Crippen molar-refractivity contribution in [1.29, 1.82) is 0 Å². The van der Waals surface area contributed by atoms with Gasteiger partial charge >= 0.3 is 6.18 Å². The number of pyridine rings is 1. The minimum absolute atomic E-state index is 0.0404. The quantitative estimate of drug-likeness (QED) is 0.595. The van der Waals surface area contributed by atoms with Crippen molar-refractivity contribution in [1.82, 2.24) is 25.0 Å². The molecule has 1 N–H and O–H groups in total. The van der Waals surface area contributed by atoms with Crippen LogP contribution in [0.15, 0.2) is 29.2 Å². The van der Waals surface area contributed by atoms with E-state index in [2.05, 4.69) is 20.3 Å². The van der Waals surface area contributed by atoms with Gasteiger partial charge in [-0.15, -0.1) is 5.10 Å². The van der Waals surface area contributed by atoms with Crippen LogP contribution in [0.5, 0.6) is 0 Å². The Kier molecular flexibility index (Phi) is 6.06. The first-order valence-electron chi connectivity index (χ1n) is 8.88. The third kappa shape index (κ3) is 5.12. The van der Waals surface area contributed by atoms with Crippen LogP contribution in [0.25, 0.3) is 11.3 Å². The molecule has 0 amide bonds. The number of nitrogens with one attached hydrogen (secondary N) is 1. The molecule has 0 spiro atoms. The molecule has 7 nitrogen and oxygen atoms in total. The van der Waals surface area contributed by atoms with E-state index in [-0.39, 0.29) is 41.5 Å². The molecular weight excluding hydrogens is 423 g/mol. The summed E-state index contributed by atoms with van der Waals surface area (Å²) in [6.45, 7) is 1.63. The van der Waals surface area contributed by atoms with Gasteiger partial charge in [0.15, 0.2) is 5.69 Å². The van der Waals surface area contributed by atoms with Gasteiger partial charge < -0.3 is 4.98 Å². The van der Waals surface area contributed by atoms with Crippen molar-refractivity contribution in [2.75, 3.05) is 0 Å². The lowest BCUT2D eigenvalue weighted by Crippen LogP contribution is -2.11. The average molecular weight is 440 g/mol. The number of Topliss-reactive ketones (excluding diaryl/α,β-unsaturated/α-hetero) is 1. The smallest absolute Gasteiger partial charge is 0.313 e. The van der Waals surface area contributed by atoms with Crippen LogP contribution >= 0.6 is 11.6 Å². The summed E-state index contributed by atoms with van der Waals surface area (Å²) in [4.78, 5) is 26.0. The molecule has 0 fully saturated rings. The summed E-state index contributed by atoms with van der Waals surface area (Å²) in [5.41, 5.74) is -0.00811. The number of carbonyl (C=O) groups excluding carboxylic acids is 1. The van der Waals surface area contributed by atoms with Gasteiger partial charge in [-0.25, -0.2) is 0 Å². The summed E-state index contributed by atoms with van der Waals surface area (Å²) in [6.07, 6.45) is -2.92. The second-order valence-corrected chi connectivity index (χ2v) is 7.25. The fraction of sp³-hybridized carbons (Fsp3) is 0.316. The molecule has 0 saturated carbocycles. The number of aromatic amines is 1. The van der Waals surface area contributed by atoms with Crippen LogP contribution in [0.1, 0.15) is 28.9 Å². The third-order valence-electron chi connectivity index (χ3n) is 4.32. The highest BCUT2D eigenvalue weighted by atomic mass is 35.5. The summed E-state index contributed by atoms with van der Waals surface area (Å²) in [5, 5.41) is 11.5. The van der Waals surface area contributed by atoms with Crippen molar-refractivity contribution in [2.45, 2.75) is 32.4 Å². The van der Waals surface area contributed by atoms with E-state index in [0.29, 0.717) is 16.8 Å². The average Bonchev–Trinajstić information content (AvgIpc) is 3.01. The molecule has 3 aromatic rings. The molecule has 30 heavy (non-hydrogen) atoms. The van der Waals surface area contributed by atoms with Crippen LogP contribution in [-0.4, -0.2) is 30.7 Å². The third-order valence-corrected chi connectivity index (χ3v) is 4.52. The number of hydrogen-bond acceptors (Lipinski definition) is 5. The predicted octanol–water partition coefficient (Wildman–Crippen LogP) is 3.29. The van der Waals surface area contributed by atoms with Gasteiger partial charge in [0.2, 0.25) is 5.56 Å². The Balaban J connectivity index is 1.72. The normalized spacial score (nSPS) is 11.7. The van der Waals surface area contributed by atoms with E-state index in [0.717, 1.165) is 4.68 Å². The van der Waals surface area contributed by atoms with Crippen LogP contribution in [0.4, 0.5) is 13.2 Å². The largest absolute Gasteiger partial charge is 0.435 e. The molecule has 3 heterocycles. The summed E-state index contributed by atoms with van der Waals surface area (Å²) in [5.74, 6) is -0.133. The maximum absolute atomic E-state index is 13.2. The lowest BCUT2D eigenvalue weighted by Gasteiger charge is -2.08. The molecule has 0 aliphatic heterocycles. The number of hydrogen-bond donors (Lipinski definition) is 1. The highest BCUT2D eigenvalue weighted by molar-refractivity contribution is 6.29. The van der Waals surface area contributed by atoms with E-state index in [1.54, 1.807) is 13.0 Å². The number of halogens is 4. The number of carbonyl (C=O) groups is 1. The molecule has 0 saturated heterocycles. The maximum atomic E-state index is 13.2. The highest BCUT2D eigenvalue weighted by Crippen LogP contribution is 2.36. The van der Waals surface area contributed by atoms with Crippen molar-refractivity contribution in [3.05, 3.63) is 62.4 Å². The van der Waals surface area contributed by atoms with Crippen LogP contribution in [-0.2, 0) is 30.9 Å². The van der Waals surface area contributed by atoms with Gasteiger partial charge in [-0.2, -0.15) is 23.4 Å². The summed E-state index contributed by atoms with van der Waals surface area (Å²) in [7, 11) is 1.40. The Morgan fingerprint density at radius 1 is 1.23 bits per heavy atom. The molecule has 158 valence electrons. The van der Waals surface area contributed by atoms with Crippen LogP contribution in [0, 0.1) is 6.92 Å². The number of alkyl halides is 3. The predicted molar refractivity (Wildman–Crippen MR) is 103 cm³/mol. The zero-order valence-corrected chi connectivity index (χ0v) is 16.8. The molecule has 11 heteroatoms. The van der Waals surface area contributed by atoms with Crippen molar-refractivity contribution in [3.63, 3.8) is 0 Å². The Bertz CT molecular complexity index is 1150. The number of aromatic nitrogens is 5. The van der Waals surface area contributed by atoms with E-state index in [1.165, 1.54) is 25.4 Å². The molecule has 3 aromatic heterocycles. The first kappa shape index (κ1) is 21.7. The molecule has 0 aliphatic carbocycles. The SMILES string of the molecule is Cc1cc(CCC(=O)Cc2cc(Cl)[nH]c(=O)c2)nnc1-c1cn(C)nc1C(F)(F)F. The molecule has 0 bridgehead atoms. The van der Waals surface area contributed by atoms with E-state index in [9.17, 15) is 22.8 Å².